The third-order valence-corrected chi connectivity index (χ3v) is 4.46. The lowest BCUT2D eigenvalue weighted by Gasteiger charge is -2.30. The van der Waals surface area contributed by atoms with Gasteiger partial charge in [0.25, 0.3) is 0 Å². The summed E-state index contributed by atoms with van der Waals surface area (Å²) in [5.74, 6) is -0.123. The van der Waals surface area contributed by atoms with E-state index in [-0.39, 0.29) is 11.6 Å². The van der Waals surface area contributed by atoms with E-state index in [1.54, 1.807) is 30.3 Å². The molecule has 0 aliphatic heterocycles. The van der Waals surface area contributed by atoms with Crippen molar-refractivity contribution >= 4 is 43.4 Å². The molecule has 3 rings (SSSR count). The van der Waals surface area contributed by atoms with E-state index in [9.17, 15) is 9.59 Å². The zero-order valence-corrected chi connectivity index (χ0v) is 13.3. The van der Waals surface area contributed by atoms with Crippen LogP contribution in [0.1, 0.15) is 34.1 Å². The van der Waals surface area contributed by atoms with E-state index in [1.807, 2.05) is 6.92 Å². The molecule has 0 saturated heterocycles. The van der Waals surface area contributed by atoms with Gasteiger partial charge in [0.2, 0.25) is 0 Å². The Morgan fingerprint density at radius 2 is 1.63 bits per heavy atom. The van der Waals surface area contributed by atoms with Gasteiger partial charge < -0.3 is 0 Å². The topological polar surface area (TPSA) is 34.1 Å². The molecule has 0 bridgehead atoms. The number of ketones is 2. The number of Topliss-reactive ketones (excluding diaryl/α,β-unsaturated/α-hetero) is 2. The fraction of sp³-hybridized carbons (Fsp3) is 0.200. The van der Waals surface area contributed by atoms with Crippen molar-refractivity contribution in [1.82, 2.24) is 0 Å². The fourth-order valence-electron chi connectivity index (χ4n) is 2.66. The number of fused-ring (bicyclic) bond motifs is 2. The van der Waals surface area contributed by atoms with Crippen molar-refractivity contribution in [1.29, 1.82) is 0 Å². The Labute approximate surface area is 127 Å². The number of carbonyl (C=O) groups is 2. The van der Waals surface area contributed by atoms with Crippen LogP contribution in [0.15, 0.2) is 47.1 Å². The molecule has 0 aromatic heterocycles. The highest BCUT2D eigenvalue weighted by molar-refractivity contribution is 9.25. The molecular formula is C15H10Br2O2. The van der Waals surface area contributed by atoms with Crippen molar-refractivity contribution in [3.63, 3.8) is 0 Å². The van der Waals surface area contributed by atoms with E-state index in [4.69, 9.17) is 0 Å². The zero-order chi connectivity index (χ0) is 13.8. The highest BCUT2D eigenvalue weighted by Gasteiger charge is 2.39. The standard InChI is InChI=1S/C15H10Br2O2/c1-8-6-15(16,17)7-11-12(8)14(19)10-5-3-2-4-9(10)13(11)18/h2-5,7H,6H2,1H3. The molecule has 0 saturated carbocycles. The van der Waals surface area contributed by atoms with Gasteiger partial charge in [0, 0.05) is 22.3 Å². The summed E-state index contributed by atoms with van der Waals surface area (Å²) in [5, 5.41) is 0. The quantitative estimate of drug-likeness (QED) is 0.631. The minimum absolute atomic E-state index is 0.0468. The maximum atomic E-state index is 12.5. The molecule has 4 heteroatoms. The number of carbonyl (C=O) groups excluding carboxylic acids is 2. The van der Waals surface area contributed by atoms with Crippen LogP contribution in [0.4, 0.5) is 0 Å². The fourth-order valence-corrected chi connectivity index (χ4v) is 3.96. The highest BCUT2D eigenvalue weighted by atomic mass is 79.9. The third kappa shape index (κ3) is 1.98. The summed E-state index contributed by atoms with van der Waals surface area (Å²) in [4.78, 5) is 25.1. The Bertz CT molecular complexity index is 681. The van der Waals surface area contributed by atoms with Crippen LogP contribution in [0.5, 0.6) is 0 Å². The lowest BCUT2D eigenvalue weighted by molar-refractivity contribution is 0.0970. The van der Waals surface area contributed by atoms with Crippen LogP contribution < -0.4 is 0 Å². The second kappa shape index (κ2) is 4.25. The van der Waals surface area contributed by atoms with Crippen LogP contribution in [0.3, 0.4) is 0 Å². The number of alkyl halides is 2. The Balaban J connectivity index is 2.30. The summed E-state index contributed by atoms with van der Waals surface area (Å²) >= 11 is 7.05. The maximum Gasteiger partial charge on any atom is 0.194 e. The predicted molar refractivity (Wildman–Crippen MR) is 81.1 cm³/mol. The first-order chi connectivity index (χ1) is 8.91. The lowest BCUT2D eigenvalue weighted by Crippen LogP contribution is -2.29. The van der Waals surface area contributed by atoms with Crippen LogP contribution in [-0.4, -0.2) is 14.8 Å². The molecule has 0 unspecified atom stereocenters. The molecule has 1 aromatic rings. The van der Waals surface area contributed by atoms with Gasteiger partial charge in [-0.2, -0.15) is 0 Å². The number of halogens is 2. The normalized spacial score (nSPS) is 20.9. The number of hydrogen-bond acceptors (Lipinski definition) is 2. The van der Waals surface area contributed by atoms with Gasteiger partial charge in [0.15, 0.2) is 11.6 Å². The molecule has 2 aliphatic carbocycles. The third-order valence-electron chi connectivity index (χ3n) is 3.44. The van der Waals surface area contributed by atoms with E-state index >= 15 is 0 Å². The van der Waals surface area contributed by atoms with Crippen molar-refractivity contribution in [3.05, 3.63) is 58.2 Å². The summed E-state index contributed by atoms with van der Waals surface area (Å²) < 4.78 is -0.439. The molecule has 0 N–H and O–H groups in total. The van der Waals surface area contributed by atoms with Crippen LogP contribution in [-0.2, 0) is 0 Å². The predicted octanol–water partition coefficient (Wildman–Crippen LogP) is 4.20. The van der Waals surface area contributed by atoms with E-state index < -0.39 is 3.23 Å². The molecule has 0 fully saturated rings. The maximum absolute atomic E-state index is 12.5. The molecule has 96 valence electrons. The van der Waals surface area contributed by atoms with E-state index in [2.05, 4.69) is 31.9 Å². The van der Waals surface area contributed by atoms with Crippen LogP contribution in [0, 0.1) is 0 Å². The molecule has 0 radical (unpaired) electrons. The molecule has 0 atom stereocenters. The lowest BCUT2D eigenvalue weighted by atomic mass is 9.77. The molecule has 0 amide bonds. The molecule has 19 heavy (non-hydrogen) atoms. The van der Waals surface area contributed by atoms with Gasteiger partial charge in [-0.1, -0.05) is 61.7 Å². The molecule has 0 spiro atoms. The van der Waals surface area contributed by atoms with Gasteiger partial charge in [-0.25, -0.2) is 0 Å². The minimum Gasteiger partial charge on any atom is -0.289 e. The van der Waals surface area contributed by atoms with Crippen LogP contribution in [0.2, 0.25) is 0 Å². The molecule has 1 aromatic carbocycles. The summed E-state index contributed by atoms with van der Waals surface area (Å²) in [6, 6.07) is 7.00. The molecule has 2 nitrogen and oxygen atoms in total. The highest BCUT2D eigenvalue weighted by Crippen LogP contribution is 2.45. The van der Waals surface area contributed by atoms with Gasteiger partial charge in [0.1, 0.15) is 3.23 Å². The van der Waals surface area contributed by atoms with E-state index in [1.165, 1.54) is 0 Å². The summed E-state index contributed by atoms with van der Waals surface area (Å²) in [5.41, 5.74) is 3.00. The van der Waals surface area contributed by atoms with Crippen molar-refractivity contribution in [2.45, 2.75) is 16.6 Å². The number of allylic oxidation sites excluding steroid dienone is 4. The van der Waals surface area contributed by atoms with Crippen molar-refractivity contribution in [2.24, 2.45) is 0 Å². The molecule has 2 aliphatic rings. The van der Waals surface area contributed by atoms with Gasteiger partial charge >= 0.3 is 0 Å². The first-order valence-electron chi connectivity index (χ1n) is 5.90. The van der Waals surface area contributed by atoms with Gasteiger partial charge in [0.05, 0.1) is 0 Å². The summed E-state index contributed by atoms with van der Waals surface area (Å²) in [6.45, 7) is 1.90. The second-order valence-corrected chi connectivity index (χ2v) is 8.75. The van der Waals surface area contributed by atoms with Gasteiger partial charge in [-0.3, -0.25) is 9.59 Å². The smallest absolute Gasteiger partial charge is 0.194 e. The average molecular weight is 382 g/mol. The monoisotopic (exact) mass is 380 g/mol. The van der Waals surface area contributed by atoms with Gasteiger partial charge in [-0.15, -0.1) is 0 Å². The largest absolute Gasteiger partial charge is 0.289 e. The Kier molecular flexibility index (Phi) is 2.91. The summed E-state index contributed by atoms with van der Waals surface area (Å²) in [7, 11) is 0. The molecular weight excluding hydrogens is 372 g/mol. The number of hydrogen-bond donors (Lipinski definition) is 0. The van der Waals surface area contributed by atoms with Gasteiger partial charge in [-0.05, 0) is 19.4 Å². The number of rotatable bonds is 0. The van der Waals surface area contributed by atoms with E-state index in [0.717, 1.165) is 5.57 Å². The van der Waals surface area contributed by atoms with Crippen LogP contribution in [0.25, 0.3) is 0 Å². The first-order valence-corrected chi connectivity index (χ1v) is 7.48. The average Bonchev–Trinajstić information content (AvgIpc) is 2.34. The second-order valence-electron chi connectivity index (χ2n) is 4.85. The number of benzene rings is 1. The van der Waals surface area contributed by atoms with E-state index in [0.29, 0.717) is 28.7 Å². The SMILES string of the molecule is CC1=C2C(=O)c3ccccc3C(=O)C2=CC(Br)(Br)C1. The Hall–Kier alpha value is -1.00. The van der Waals surface area contributed by atoms with Crippen molar-refractivity contribution in [2.75, 3.05) is 0 Å². The van der Waals surface area contributed by atoms with Crippen LogP contribution >= 0.6 is 31.9 Å². The Morgan fingerprint density at radius 3 is 2.26 bits per heavy atom. The summed E-state index contributed by atoms with van der Waals surface area (Å²) in [6.07, 6.45) is 2.46. The molecule has 0 heterocycles. The van der Waals surface area contributed by atoms with Crippen molar-refractivity contribution < 1.29 is 9.59 Å². The zero-order valence-electron chi connectivity index (χ0n) is 10.2. The van der Waals surface area contributed by atoms with Crippen molar-refractivity contribution in [3.8, 4) is 0 Å². The Morgan fingerprint density at radius 1 is 1.05 bits per heavy atom. The minimum atomic E-state index is -0.439. The first kappa shape index (κ1) is 13.0.